The zero-order valence-electron chi connectivity index (χ0n) is 16.5. The Bertz CT molecular complexity index is 1240. The molecule has 0 radical (unpaired) electrons. The lowest BCUT2D eigenvalue weighted by Gasteiger charge is -2.33. The van der Waals surface area contributed by atoms with E-state index in [4.69, 9.17) is 9.40 Å². The molecule has 160 valence electrons. The number of piperazine rings is 1. The normalized spacial score (nSPS) is 14.5. The lowest BCUT2D eigenvalue weighted by Crippen LogP contribution is -2.48. The van der Waals surface area contributed by atoms with Gasteiger partial charge in [-0.2, -0.15) is 0 Å². The van der Waals surface area contributed by atoms with E-state index in [2.05, 4.69) is 21.7 Å². The van der Waals surface area contributed by atoms with Gasteiger partial charge in [0, 0.05) is 37.6 Å². The topological polar surface area (TPSA) is 66.7 Å². The van der Waals surface area contributed by atoms with Gasteiger partial charge in [-0.1, -0.05) is 18.2 Å². The van der Waals surface area contributed by atoms with Crippen LogP contribution in [0.5, 0.6) is 0 Å². The number of aromatic nitrogens is 1. The summed E-state index contributed by atoms with van der Waals surface area (Å²) in [6, 6.07) is 12.4. The molecule has 0 spiro atoms. The fraction of sp³-hybridized carbons (Fsp3) is 0.227. The highest BCUT2D eigenvalue weighted by atomic mass is 35.5. The summed E-state index contributed by atoms with van der Waals surface area (Å²) in [5.41, 5.74) is 1.28. The molecule has 0 unspecified atom stereocenters. The van der Waals surface area contributed by atoms with Crippen LogP contribution < -0.4 is 5.43 Å². The highest BCUT2D eigenvalue weighted by Gasteiger charge is 2.25. The Morgan fingerprint density at radius 3 is 2.65 bits per heavy atom. The van der Waals surface area contributed by atoms with Crippen LogP contribution in [0.2, 0.25) is 0 Å². The molecule has 4 heterocycles. The van der Waals surface area contributed by atoms with E-state index in [0.29, 0.717) is 24.1 Å². The summed E-state index contributed by atoms with van der Waals surface area (Å²) in [4.78, 5) is 35.1. The van der Waals surface area contributed by atoms with E-state index in [1.807, 2.05) is 6.07 Å². The molecular weight excluding hydrogens is 454 g/mol. The molecule has 4 aromatic rings. The van der Waals surface area contributed by atoms with Gasteiger partial charge in [-0.15, -0.1) is 35.1 Å². The molecule has 1 saturated heterocycles. The van der Waals surface area contributed by atoms with Gasteiger partial charge >= 0.3 is 0 Å². The van der Waals surface area contributed by atoms with Crippen LogP contribution >= 0.6 is 35.1 Å². The number of thiazole rings is 1. The molecule has 0 saturated carbocycles. The number of thiophene rings is 1. The average Bonchev–Trinajstić information content (AvgIpc) is 3.46. The molecule has 1 fully saturated rings. The van der Waals surface area contributed by atoms with Crippen molar-refractivity contribution >= 4 is 52.0 Å². The molecule has 1 amide bonds. The molecule has 0 atom stereocenters. The average molecular weight is 474 g/mol. The third kappa shape index (κ3) is 4.57. The number of hydrogen-bond acceptors (Lipinski definition) is 7. The van der Waals surface area contributed by atoms with Crippen LogP contribution in [-0.2, 0) is 6.54 Å². The highest BCUT2D eigenvalue weighted by molar-refractivity contribution is 7.14. The number of benzene rings is 1. The molecule has 1 aliphatic rings. The molecule has 5 rings (SSSR count). The van der Waals surface area contributed by atoms with Crippen molar-refractivity contribution in [3.63, 3.8) is 0 Å². The number of halogens is 1. The predicted octanol–water partition coefficient (Wildman–Crippen LogP) is 4.36. The summed E-state index contributed by atoms with van der Waals surface area (Å²) in [7, 11) is 0. The molecule has 6 nitrogen and oxygen atoms in total. The van der Waals surface area contributed by atoms with Gasteiger partial charge in [0.05, 0.1) is 22.5 Å². The fourth-order valence-electron chi connectivity index (χ4n) is 3.59. The largest absolute Gasteiger partial charge is 0.451 e. The first-order chi connectivity index (χ1) is 14.7. The van der Waals surface area contributed by atoms with Crippen LogP contribution in [0.4, 0.5) is 0 Å². The first kappa shape index (κ1) is 21.7. The van der Waals surface area contributed by atoms with Crippen molar-refractivity contribution in [3.05, 3.63) is 74.2 Å². The molecule has 1 aromatic carbocycles. The van der Waals surface area contributed by atoms with Gasteiger partial charge in [0.15, 0.2) is 11.2 Å². The number of rotatable bonds is 4. The van der Waals surface area contributed by atoms with Gasteiger partial charge < -0.3 is 9.32 Å². The summed E-state index contributed by atoms with van der Waals surface area (Å²) >= 11 is 3.37. The maximum Gasteiger partial charge on any atom is 0.289 e. The molecule has 3 aromatic heterocycles. The number of para-hydroxylation sites is 1. The van der Waals surface area contributed by atoms with E-state index < -0.39 is 0 Å². The Morgan fingerprint density at radius 1 is 1.06 bits per heavy atom. The van der Waals surface area contributed by atoms with E-state index >= 15 is 0 Å². The third-order valence-electron chi connectivity index (χ3n) is 5.19. The van der Waals surface area contributed by atoms with E-state index in [1.54, 1.807) is 51.8 Å². The minimum atomic E-state index is -0.230. The molecule has 9 heteroatoms. The molecule has 31 heavy (non-hydrogen) atoms. The smallest absolute Gasteiger partial charge is 0.289 e. The van der Waals surface area contributed by atoms with Crippen molar-refractivity contribution in [2.45, 2.75) is 6.54 Å². The van der Waals surface area contributed by atoms with Gasteiger partial charge in [-0.3, -0.25) is 14.5 Å². The second-order valence-electron chi connectivity index (χ2n) is 7.14. The Kier molecular flexibility index (Phi) is 6.52. The van der Waals surface area contributed by atoms with E-state index in [0.717, 1.165) is 30.3 Å². The van der Waals surface area contributed by atoms with Gasteiger partial charge in [-0.25, -0.2) is 4.98 Å². The van der Waals surface area contributed by atoms with Crippen LogP contribution in [0, 0.1) is 0 Å². The number of amides is 1. The van der Waals surface area contributed by atoms with Crippen molar-refractivity contribution in [1.29, 1.82) is 0 Å². The molecule has 1 aliphatic heterocycles. The second-order valence-corrected chi connectivity index (χ2v) is 9.03. The second kappa shape index (κ2) is 9.32. The number of fused-ring (bicyclic) bond motifs is 1. The summed E-state index contributed by atoms with van der Waals surface area (Å²) in [6.45, 7) is 3.50. The standard InChI is InChI=1S/C22H19N3O3S2.ClH/c26-17-12-19(28-18-5-2-1-4-15(17)18)22(27)25-9-7-24(8-10-25)13-21-23-16(14-30-21)20-6-3-11-29-20;/h1-6,11-12,14H,7-10,13H2;1H. The summed E-state index contributed by atoms with van der Waals surface area (Å²) in [6.07, 6.45) is 0. The van der Waals surface area contributed by atoms with Crippen LogP contribution in [0.1, 0.15) is 15.6 Å². The Morgan fingerprint density at radius 2 is 1.87 bits per heavy atom. The summed E-state index contributed by atoms with van der Waals surface area (Å²) in [5.74, 6) is -0.126. The number of carbonyl (C=O) groups is 1. The number of hydrogen-bond donors (Lipinski definition) is 0. The Hall–Kier alpha value is -2.52. The fourth-order valence-corrected chi connectivity index (χ4v) is 5.18. The summed E-state index contributed by atoms with van der Waals surface area (Å²) < 4.78 is 5.71. The number of carbonyl (C=O) groups excluding carboxylic acids is 1. The predicted molar refractivity (Wildman–Crippen MR) is 126 cm³/mol. The van der Waals surface area contributed by atoms with Crippen LogP contribution in [0.25, 0.3) is 21.5 Å². The lowest BCUT2D eigenvalue weighted by atomic mass is 10.2. The zero-order valence-corrected chi connectivity index (χ0v) is 19.0. The van der Waals surface area contributed by atoms with Crippen molar-refractivity contribution < 1.29 is 9.21 Å². The van der Waals surface area contributed by atoms with Crippen molar-refractivity contribution in [1.82, 2.24) is 14.8 Å². The van der Waals surface area contributed by atoms with E-state index in [9.17, 15) is 9.59 Å². The van der Waals surface area contributed by atoms with Crippen LogP contribution in [-0.4, -0.2) is 46.9 Å². The number of nitrogens with zero attached hydrogens (tertiary/aromatic N) is 3. The Balaban J connectivity index is 0.00000231. The molecule has 0 bridgehead atoms. The first-order valence-electron chi connectivity index (χ1n) is 9.70. The minimum Gasteiger partial charge on any atom is -0.451 e. The third-order valence-corrected chi connectivity index (χ3v) is 6.92. The van der Waals surface area contributed by atoms with Crippen LogP contribution in [0.15, 0.2) is 62.4 Å². The quantitative estimate of drug-likeness (QED) is 0.440. The monoisotopic (exact) mass is 473 g/mol. The van der Waals surface area contributed by atoms with E-state index in [1.165, 1.54) is 10.9 Å². The molecule has 0 N–H and O–H groups in total. The van der Waals surface area contributed by atoms with Crippen molar-refractivity contribution in [2.24, 2.45) is 0 Å². The highest BCUT2D eigenvalue weighted by Crippen LogP contribution is 2.26. The maximum atomic E-state index is 12.9. The van der Waals surface area contributed by atoms with Crippen molar-refractivity contribution in [3.8, 4) is 10.6 Å². The van der Waals surface area contributed by atoms with Gasteiger partial charge in [0.1, 0.15) is 10.6 Å². The Labute approximate surface area is 193 Å². The summed E-state index contributed by atoms with van der Waals surface area (Å²) in [5, 5.41) is 5.73. The molecule has 0 aliphatic carbocycles. The van der Waals surface area contributed by atoms with Gasteiger partial charge in [0.2, 0.25) is 0 Å². The zero-order chi connectivity index (χ0) is 20.5. The van der Waals surface area contributed by atoms with Gasteiger partial charge in [-0.05, 0) is 23.6 Å². The van der Waals surface area contributed by atoms with E-state index in [-0.39, 0.29) is 29.5 Å². The molecular formula is C22H20ClN3O3S2. The minimum absolute atomic E-state index is 0. The maximum absolute atomic E-state index is 12.9. The van der Waals surface area contributed by atoms with Crippen LogP contribution in [0.3, 0.4) is 0 Å². The van der Waals surface area contributed by atoms with Gasteiger partial charge in [0.25, 0.3) is 5.91 Å². The SMILES string of the molecule is Cl.O=C(c1cc(=O)c2ccccc2o1)N1CCN(Cc2nc(-c3cccs3)cs2)CC1. The lowest BCUT2D eigenvalue weighted by molar-refractivity contribution is 0.0598. The first-order valence-corrected chi connectivity index (χ1v) is 11.5. The van der Waals surface area contributed by atoms with Crippen molar-refractivity contribution in [2.75, 3.05) is 26.2 Å².